The highest BCUT2D eigenvalue weighted by atomic mass is 15.0. The minimum Gasteiger partial charge on any atom is -0.364 e. The monoisotopic (exact) mass is 296 g/mol. The molecule has 4 heteroatoms. The van der Waals surface area contributed by atoms with E-state index in [4.69, 9.17) is 0 Å². The van der Waals surface area contributed by atoms with Gasteiger partial charge in [-0.1, -0.05) is 43.7 Å². The Balaban J connectivity index is 2.16. The Morgan fingerprint density at radius 1 is 1.27 bits per heavy atom. The maximum Gasteiger partial charge on any atom is 0.155 e. The molecule has 0 aliphatic heterocycles. The zero-order valence-electron chi connectivity index (χ0n) is 13.8. The highest BCUT2D eigenvalue weighted by Gasteiger charge is 2.07. The van der Waals surface area contributed by atoms with Crippen LogP contribution in [0.25, 0.3) is 0 Å². The first-order valence-corrected chi connectivity index (χ1v) is 7.75. The maximum atomic E-state index is 4.59. The van der Waals surface area contributed by atoms with Crippen molar-refractivity contribution in [2.75, 3.05) is 5.32 Å². The zero-order valence-corrected chi connectivity index (χ0v) is 13.8. The van der Waals surface area contributed by atoms with Crippen molar-refractivity contribution in [1.82, 2.24) is 9.97 Å². The lowest BCUT2D eigenvalue weighted by molar-refractivity contribution is 0.754. The topological polar surface area (TPSA) is 50.2 Å². The Bertz CT molecular complexity index is 649. The number of hydrogen-bond acceptors (Lipinski definition) is 4. The summed E-state index contributed by atoms with van der Waals surface area (Å²) in [6.07, 6.45) is 4.63. The highest BCUT2D eigenvalue weighted by molar-refractivity contribution is 5.72. The Kier molecular flexibility index (Phi) is 5.64. The fraction of sp³-hybridized carbons (Fsp3) is 0.389. The first kappa shape index (κ1) is 16.1. The van der Waals surface area contributed by atoms with E-state index in [1.54, 1.807) is 6.33 Å². The van der Waals surface area contributed by atoms with Gasteiger partial charge in [0, 0.05) is 12.8 Å². The van der Waals surface area contributed by atoms with Gasteiger partial charge >= 0.3 is 0 Å². The van der Waals surface area contributed by atoms with Gasteiger partial charge in [-0.15, -0.1) is 0 Å². The van der Waals surface area contributed by atoms with Crippen molar-refractivity contribution in [2.24, 2.45) is 10.9 Å². The van der Waals surface area contributed by atoms with Crippen LogP contribution in [-0.2, 0) is 6.54 Å². The van der Waals surface area contributed by atoms with Crippen molar-refractivity contribution in [2.45, 2.75) is 40.7 Å². The molecule has 4 nitrogen and oxygen atoms in total. The van der Waals surface area contributed by atoms with Crippen molar-refractivity contribution in [1.29, 1.82) is 0 Å². The van der Waals surface area contributed by atoms with Gasteiger partial charge in [-0.3, -0.25) is 4.99 Å². The van der Waals surface area contributed by atoms with E-state index in [9.17, 15) is 0 Å². The van der Waals surface area contributed by atoms with Crippen LogP contribution in [0.2, 0.25) is 0 Å². The van der Waals surface area contributed by atoms with Gasteiger partial charge in [0.05, 0.1) is 5.69 Å². The molecule has 0 amide bonds. The first-order valence-electron chi connectivity index (χ1n) is 7.75. The molecule has 2 aromatic rings. The summed E-state index contributed by atoms with van der Waals surface area (Å²) in [7, 11) is 0. The van der Waals surface area contributed by atoms with E-state index in [-0.39, 0.29) is 0 Å². The van der Waals surface area contributed by atoms with E-state index >= 15 is 0 Å². The summed E-state index contributed by atoms with van der Waals surface area (Å²) in [6, 6.07) is 8.44. The molecular formula is C18H24N4. The van der Waals surface area contributed by atoms with Crippen molar-refractivity contribution in [3.8, 4) is 0 Å². The summed E-state index contributed by atoms with van der Waals surface area (Å²) in [6.45, 7) is 9.09. The van der Waals surface area contributed by atoms with Gasteiger partial charge in [-0.05, 0) is 31.7 Å². The molecule has 1 atom stereocenters. The fourth-order valence-corrected chi connectivity index (χ4v) is 2.07. The Morgan fingerprint density at radius 2 is 2.09 bits per heavy atom. The van der Waals surface area contributed by atoms with Crippen LogP contribution in [0.1, 0.15) is 37.1 Å². The molecule has 0 fully saturated rings. The van der Waals surface area contributed by atoms with Gasteiger partial charge in [0.2, 0.25) is 0 Å². The van der Waals surface area contributed by atoms with Crippen molar-refractivity contribution in [3.63, 3.8) is 0 Å². The van der Waals surface area contributed by atoms with Crippen LogP contribution in [0, 0.1) is 19.8 Å². The predicted octanol–water partition coefficient (Wildman–Crippen LogP) is 4.45. The van der Waals surface area contributed by atoms with Gasteiger partial charge in [0.25, 0.3) is 0 Å². The van der Waals surface area contributed by atoms with Crippen LogP contribution in [0.3, 0.4) is 0 Å². The van der Waals surface area contributed by atoms with Crippen LogP contribution in [-0.4, -0.2) is 16.2 Å². The van der Waals surface area contributed by atoms with Crippen LogP contribution in [0.5, 0.6) is 0 Å². The third kappa shape index (κ3) is 4.38. The number of aliphatic imine (C=N–C) groups is 1. The summed E-state index contributed by atoms with van der Waals surface area (Å²) in [5, 5.41) is 3.37. The Labute approximate surface area is 132 Å². The van der Waals surface area contributed by atoms with Gasteiger partial charge in [0.15, 0.2) is 5.82 Å². The second-order valence-corrected chi connectivity index (χ2v) is 5.66. The molecule has 0 aliphatic carbocycles. The molecule has 0 saturated heterocycles. The number of nitrogens with zero attached hydrogens (tertiary/aromatic N) is 3. The summed E-state index contributed by atoms with van der Waals surface area (Å²) in [5.74, 6) is 1.23. The summed E-state index contributed by atoms with van der Waals surface area (Å²) in [5.41, 5.74) is 4.21. The Hall–Kier alpha value is -2.23. The number of nitrogens with one attached hydrogen (secondary N) is 1. The second kappa shape index (κ2) is 7.69. The summed E-state index contributed by atoms with van der Waals surface area (Å²) in [4.78, 5) is 13.2. The normalized spacial score (nSPS) is 12.5. The average molecular weight is 296 g/mol. The van der Waals surface area contributed by atoms with E-state index in [0.29, 0.717) is 5.92 Å². The summed E-state index contributed by atoms with van der Waals surface area (Å²) >= 11 is 0. The minimum absolute atomic E-state index is 0.448. The number of hydrogen-bond donors (Lipinski definition) is 1. The lowest BCUT2D eigenvalue weighted by atomic mass is 10.1. The quantitative estimate of drug-likeness (QED) is 0.801. The lowest BCUT2D eigenvalue weighted by Crippen LogP contribution is -2.03. The molecule has 0 bridgehead atoms. The van der Waals surface area contributed by atoms with Crippen LogP contribution in [0.4, 0.5) is 11.5 Å². The average Bonchev–Trinajstić information content (AvgIpc) is 2.51. The molecule has 116 valence electrons. The summed E-state index contributed by atoms with van der Waals surface area (Å²) < 4.78 is 0. The molecule has 0 spiro atoms. The van der Waals surface area contributed by atoms with Crippen LogP contribution < -0.4 is 5.32 Å². The van der Waals surface area contributed by atoms with Crippen molar-refractivity contribution in [3.05, 3.63) is 47.4 Å². The van der Waals surface area contributed by atoms with E-state index in [2.05, 4.69) is 65.3 Å². The molecule has 2 rings (SSSR count). The van der Waals surface area contributed by atoms with E-state index in [1.807, 2.05) is 13.1 Å². The second-order valence-electron chi connectivity index (χ2n) is 5.66. The van der Waals surface area contributed by atoms with Crippen LogP contribution in [0.15, 0.2) is 35.6 Å². The van der Waals surface area contributed by atoms with Gasteiger partial charge < -0.3 is 5.32 Å². The predicted molar refractivity (Wildman–Crippen MR) is 92.9 cm³/mol. The molecule has 0 aliphatic rings. The number of rotatable bonds is 6. The third-order valence-electron chi connectivity index (χ3n) is 3.65. The maximum absolute atomic E-state index is 4.59. The molecule has 1 aromatic heterocycles. The standard InChI is InChI=1S/C18H24N4/c1-5-13(2)10-19-17-15(4)21-12-22-18(17)20-11-16-8-6-7-14(3)9-16/h6-10,12-13H,5,11H2,1-4H3,(H,20,21,22)/b19-10-. The molecule has 1 heterocycles. The zero-order chi connectivity index (χ0) is 15.9. The highest BCUT2D eigenvalue weighted by Crippen LogP contribution is 2.25. The smallest absolute Gasteiger partial charge is 0.155 e. The molecule has 0 saturated carbocycles. The number of aromatic nitrogens is 2. The van der Waals surface area contributed by atoms with E-state index in [0.717, 1.165) is 30.2 Å². The number of aryl methyl sites for hydroxylation is 2. The SMILES string of the molecule is CCC(C)/C=N\c1c(C)ncnc1NCc1cccc(C)c1. The van der Waals surface area contributed by atoms with E-state index < -0.39 is 0 Å². The molecule has 1 aromatic carbocycles. The van der Waals surface area contributed by atoms with Crippen molar-refractivity contribution >= 4 is 17.7 Å². The molecular weight excluding hydrogens is 272 g/mol. The van der Waals surface area contributed by atoms with Gasteiger partial charge in [-0.25, -0.2) is 9.97 Å². The lowest BCUT2D eigenvalue weighted by Gasteiger charge is -2.10. The van der Waals surface area contributed by atoms with E-state index in [1.165, 1.54) is 11.1 Å². The molecule has 1 N–H and O–H groups in total. The largest absolute Gasteiger partial charge is 0.364 e. The number of benzene rings is 1. The van der Waals surface area contributed by atoms with Crippen molar-refractivity contribution < 1.29 is 0 Å². The minimum atomic E-state index is 0.448. The third-order valence-corrected chi connectivity index (χ3v) is 3.65. The van der Waals surface area contributed by atoms with Gasteiger partial charge in [-0.2, -0.15) is 0 Å². The molecule has 22 heavy (non-hydrogen) atoms. The fourth-order valence-electron chi connectivity index (χ4n) is 2.07. The molecule has 1 unspecified atom stereocenters. The number of anilines is 1. The van der Waals surface area contributed by atoms with Gasteiger partial charge in [0.1, 0.15) is 12.0 Å². The first-order chi connectivity index (χ1) is 10.6. The van der Waals surface area contributed by atoms with Crippen LogP contribution >= 0.6 is 0 Å². The molecule has 0 radical (unpaired) electrons. The Morgan fingerprint density at radius 3 is 2.82 bits per heavy atom.